The van der Waals surface area contributed by atoms with Crippen LogP contribution in [-0.2, 0) is 5.41 Å². The predicted octanol–water partition coefficient (Wildman–Crippen LogP) is 3.17. The molecule has 0 aliphatic heterocycles. The van der Waals surface area contributed by atoms with Gasteiger partial charge < -0.3 is 5.32 Å². The molecule has 0 aromatic carbocycles. The molecule has 18 heavy (non-hydrogen) atoms. The van der Waals surface area contributed by atoms with Crippen molar-refractivity contribution in [1.82, 2.24) is 10.3 Å². The lowest BCUT2D eigenvalue weighted by molar-refractivity contribution is 0.0951. The second-order valence-corrected chi connectivity index (χ2v) is 6.35. The van der Waals surface area contributed by atoms with E-state index in [0.29, 0.717) is 16.6 Å². The van der Waals surface area contributed by atoms with E-state index in [9.17, 15) is 4.79 Å². The van der Waals surface area contributed by atoms with Gasteiger partial charge in [-0.2, -0.15) is 0 Å². The van der Waals surface area contributed by atoms with Gasteiger partial charge in [0.25, 0.3) is 5.91 Å². The van der Waals surface area contributed by atoms with Crippen LogP contribution < -0.4 is 5.32 Å². The summed E-state index contributed by atoms with van der Waals surface area (Å²) in [6.07, 6.45) is 2.45. The molecule has 1 heterocycles. The number of hydrogen-bond donors (Lipinski definition) is 1. The summed E-state index contributed by atoms with van der Waals surface area (Å²) < 4.78 is 0. The van der Waals surface area contributed by atoms with Gasteiger partial charge >= 0.3 is 0 Å². The Balaban J connectivity index is 2.15. The summed E-state index contributed by atoms with van der Waals surface area (Å²) in [6, 6.07) is 3.45. The van der Waals surface area contributed by atoms with Crippen molar-refractivity contribution in [3.63, 3.8) is 0 Å². The van der Waals surface area contributed by atoms with Crippen molar-refractivity contribution in [2.45, 2.75) is 39.0 Å². The molecule has 0 unspecified atom stereocenters. The SMILES string of the molecule is CC(C)(C)c1cc(C(=O)NCC2CC2)cc(Cl)n1. The maximum absolute atomic E-state index is 12.0. The average molecular weight is 267 g/mol. The molecular formula is C14H19ClN2O. The zero-order valence-electron chi connectivity index (χ0n) is 11.1. The Kier molecular flexibility index (Phi) is 3.62. The first-order chi connectivity index (χ1) is 8.36. The van der Waals surface area contributed by atoms with E-state index in [-0.39, 0.29) is 11.3 Å². The van der Waals surface area contributed by atoms with E-state index < -0.39 is 0 Å². The van der Waals surface area contributed by atoms with Crippen molar-refractivity contribution in [3.8, 4) is 0 Å². The number of amides is 1. The van der Waals surface area contributed by atoms with Gasteiger partial charge in [0, 0.05) is 23.2 Å². The average Bonchev–Trinajstić information content (AvgIpc) is 3.07. The van der Waals surface area contributed by atoms with Gasteiger partial charge in [-0.15, -0.1) is 0 Å². The number of carbonyl (C=O) groups is 1. The molecule has 1 amide bonds. The van der Waals surface area contributed by atoms with Gasteiger partial charge in [0.15, 0.2) is 0 Å². The number of nitrogens with one attached hydrogen (secondary N) is 1. The van der Waals surface area contributed by atoms with Gasteiger partial charge in [0.05, 0.1) is 0 Å². The summed E-state index contributed by atoms with van der Waals surface area (Å²) in [4.78, 5) is 16.3. The Labute approximate surface area is 113 Å². The quantitative estimate of drug-likeness (QED) is 0.854. The van der Waals surface area contributed by atoms with Crippen molar-refractivity contribution in [2.75, 3.05) is 6.54 Å². The molecule has 0 saturated heterocycles. The van der Waals surface area contributed by atoms with Gasteiger partial charge in [-0.05, 0) is 30.9 Å². The van der Waals surface area contributed by atoms with Gasteiger partial charge in [-0.1, -0.05) is 32.4 Å². The van der Waals surface area contributed by atoms with Crippen LogP contribution in [-0.4, -0.2) is 17.4 Å². The fourth-order valence-electron chi connectivity index (χ4n) is 1.67. The third-order valence-electron chi connectivity index (χ3n) is 3.07. The van der Waals surface area contributed by atoms with E-state index in [4.69, 9.17) is 11.6 Å². The molecule has 1 N–H and O–H groups in total. The van der Waals surface area contributed by atoms with Crippen molar-refractivity contribution in [3.05, 3.63) is 28.5 Å². The highest BCUT2D eigenvalue weighted by molar-refractivity contribution is 6.29. The molecule has 1 aromatic rings. The summed E-state index contributed by atoms with van der Waals surface area (Å²) in [7, 11) is 0. The van der Waals surface area contributed by atoms with E-state index in [1.165, 1.54) is 12.8 Å². The van der Waals surface area contributed by atoms with Crippen molar-refractivity contribution >= 4 is 17.5 Å². The molecule has 1 aromatic heterocycles. The molecular weight excluding hydrogens is 248 g/mol. The Morgan fingerprint density at radius 3 is 2.67 bits per heavy atom. The molecule has 1 aliphatic rings. The summed E-state index contributed by atoms with van der Waals surface area (Å²) in [5.74, 6) is 0.616. The minimum atomic E-state index is -0.115. The molecule has 3 nitrogen and oxygen atoms in total. The second kappa shape index (κ2) is 4.88. The first-order valence-corrected chi connectivity index (χ1v) is 6.70. The van der Waals surface area contributed by atoms with Crippen LogP contribution in [0.2, 0.25) is 5.15 Å². The fraction of sp³-hybridized carbons (Fsp3) is 0.571. The zero-order chi connectivity index (χ0) is 13.3. The number of hydrogen-bond acceptors (Lipinski definition) is 2. The highest BCUT2D eigenvalue weighted by Gasteiger charge is 2.23. The number of pyridine rings is 1. The Hall–Kier alpha value is -1.09. The van der Waals surface area contributed by atoms with Gasteiger partial charge in [-0.25, -0.2) is 4.98 Å². The highest BCUT2D eigenvalue weighted by atomic mass is 35.5. The molecule has 0 atom stereocenters. The Morgan fingerprint density at radius 2 is 2.11 bits per heavy atom. The first kappa shape index (κ1) is 13.3. The number of rotatable bonds is 3. The Bertz CT molecular complexity index is 461. The van der Waals surface area contributed by atoms with E-state index in [1.54, 1.807) is 6.07 Å². The Morgan fingerprint density at radius 1 is 1.44 bits per heavy atom. The lowest BCUT2D eigenvalue weighted by Gasteiger charge is -2.18. The lowest BCUT2D eigenvalue weighted by atomic mass is 9.91. The molecule has 1 saturated carbocycles. The fourth-order valence-corrected chi connectivity index (χ4v) is 1.88. The monoisotopic (exact) mass is 266 g/mol. The number of carbonyl (C=O) groups excluding carboxylic acids is 1. The van der Waals surface area contributed by atoms with E-state index in [1.807, 2.05) is 6.07 Å². The molecule has 0 radical (unpaired) electrons. The van der Waals surface area contributed by atoms with E-state index in [2.05, 4.69) is 31.1 Å². The number of halogens is 1. The summed E-state index contributed by atoms with van der Waals surface area (Å²) in [5.41, 5.74) is 1.32. The minimum absolute atomic E-state index is 0.0586. The van der Waals surface area contributed by atoms with Crippen LogP contribution in [0.3, 0.4) is 0 Å². The summed E-state index contributed by atoms with van der Waals surface area (Å²) in [6.45, 7) is 6.93. The third-order valence-corrected chi connectivity index (χ3v) is 3.27. The number of aromatic nitrogens is 1. The molecule has 4 heteroatoms. The van der Waals surface area contributed by atoms with Crippen LogP contribution in [0.4, 0.5) is 0 Å². The molecule has 1 aliphatic carbocycles. The van der Waals surface area contributed by atoms with Crippen LogP contribution in [0.5, 0.6) is 0 Å². The van der Waals surface area contributed by atoms with E-state index in [0.717, 1.165) is 12.2 Å². The second-order valence-electron chi connectivity index (χ2n) is 5.97. The zero-order valence-corrected chi connectivity index (χ0v) is 11.8. The lowest BCUT2D eigenvalue weighted by Crippen LogP contribution is -2.26. The maximum atomic E-state index is 12.0. The summed E-state index contributed by atoms with van der Waals surface area (Å²) in [5, 5.41) is 3.32. The van der Waals surface area contributed by atoms with Crippen LogP contribution in [0.25, 0.3) is 0 Å². The molecule has 98 valence electrons. The van der Waals surface area contributed by atoms with Gasteiger partial charge in [0.2, 0.25) is 0 Å². The largest absolute Gasteiger partial charge is 0.352 e. The smallest absolute Gasteiger partial charge is 0.251 e. The minimum Gasteiger partial charge on any atom is -0.352 e. The third kappa shape index (κ3) is 3.45. The maximum Gasteiger partial charge on any atom is 0.251 e. The summed E-state index contributed by atoms with van der Waals surface area (Å²) >= 11 is 5.98. The first-order valence-electron chi connectivity index (χ1n) is 6.32. The van der Waals surface area contributed by atoms with Crippen molar-refractivity contribution < 1.29 is 4.79 Å². The predicted molar refractivity (Wildman–Crippen MR) is 73.0 cm³/mol. The van der Waals surface area contributed by atoms with Crippen LogP contribution >= 0.6 is 11.6 Å². The molecule has 0 bridgehead atoms. The topological polar surface area (TPSA) is 42.0 Å². The van der Waals surface area contributed by atoms with Crippen LogP contribution in [0, 0.1) is 5.92 Å². The van der Waals surface area contributed by atoms with Crippen LogP contribution in [0.15, 0.2) is 12.1 Å². The highest BCUT2D eigenvalue weighted by Crippen LogP contribution is 2.28. The molecule has 0 spiro atoms. The molecule has 2 rings (SSSR count). The molecule has 1 fully saturated rings. The van der Waals surface area contributed by atoms with Gasteiger partial charge in [-0.3, -0.25) is 4.79 Å². The van der Waals surface area contributed by atoms with E-state index >= 15 is 0 Å². The number of nitrogens with zero attached hydrogens (tertiary/aromatic N) is 1. The standard InChI is InChI=1S/C14H19ClN2O/c1-14(2,3)11-6-10(7-12(15)17-11)13(18)16-8-9-4-5-9/h6-7,9H,4-5,8H2,1-3H3,(H,16,18). The van der Waals surface area contributed by atoms with Crippen LogP contribution in [0.1, 0.15) is 49.7 Å². The van der Waals surface area contributed by atoms with Crippen molar-refractivity contribution in [1.29, 1.82) is 0 Å². The van der Waals surface area contributed by atoms with Gasteiger partial charge in [0.1, 0.15) is 5.15 Å². The normalized spacial score (nSPS) is 15.6. The van der Waals surface area contributed by atoms with Crippen molar-refractivity contribution in [2.24, 2.45) is 5.92 Å².